The maximum atomic E-state index is 11.4. The highest BCUT2D eigenvalue weighted by Gasteiger charge is 2.12. The van der Waals surface area contributed by atoms with Crippen LogP contribution in [0.1, 0.15) is 25.7 Å². The van der Waals surface area contributed by atoms with E-state index in [9.17, 15) is 9.59 Å². The first-order valence-electron chi connectivity index (χ1n) is 5.52. The Hall–Kier alpha value is -1.14. The number of unbranched alkanes of at least 4 members (excludes halogenated alkanes) is 1. The SMILES string of the molecule is O=C(O)CCCCC(=O)NN1CCOCC1. The molecule has 0 aliphatic carbocycles. The summed E-state index contributed by atoms with van der Waals surface area (Å²) in [6, 6.07) is 0. The molecule has 6 nitrogen and oxygen atoms in total. The van der Waals surface area contributed by atoms with Gasteiger partial charge in [-0.05, 0) is 12.8 Å². The fourth-order valence-electron chi connectivity index (χ4n) is 1.47. The van der Waals surface area contributed by atoms with Gasteiger partial charge in [-0.1, -0.05) is 0 Å². The Morgan fingerprint density at radius 3 is 2.44 bits per heavy atom. The molecule has 0 saturated carbocycles. The molecule has 1 aliphatic heterocycles. The van der Waals surface area contributed by atoms with Gasteiger partial charge in [-0.15, -0.1) is 0 Å². The molecule has 1 saturated heterocycles. The van der Waals surface area contributed by atoms with Crippen molar-refractivity contribution in [2.75, 3.05) is 26.3 Å². The largest absolute Gasteiger partial charge is 0.481 e. The number of hydrazine groups is 1. The van der Waals surface area contributed by atoms with Gasteiger partial charge in [0.15, 0.2) is 0 Å². The molecule has 1 rings (SSSR count). The van der Waals surface area contributed by atoms with Crippen LogP contribution in [0.25, 0.3) is 0 Å². The summed E-state index contributed by atoms with van der Waals surface area (Å²) in [5, 5.41) is 10.3. The molecule has 2 N–H and O–H groups in total. The molecule has 1 fully saturated rings. The number of morpholine rings is 1. The van der Waals surface area contributed by atoms with E-state index in [0.717, 1.165) is 0 Å². The number of carboxylic acids is 1. The molecule has 92 valence electrons. The predicted molar refractivity (Wildman–Crippen MR) is 56.6 cm³/mol. The highest BCUT2D eigenvalue weighted by Crippen LogP contribution is 2.00. The molecule has 1 heterocycles. The first-order chi connectivity index (χ1) is 7.68. The third-order valence-electron chi connectivity index (χ3n) is 2.34. The van der Waals surface area contributed by atoms with Crippen LogP contribution in [0, 0.1) is 0 Å². The lowest BCUT2D eigenvalue weighted by Gasteiger charge is -2.26. The quantitative estimate of drug-likeness (QED) is 0.628. The third kappa shape index (κ3) is 5.67. The van der Waals surface area contributed by atoms with Crippen molar-refractivity contribution < 1.29 is 19.4 Å². The van der Waals surface area contributed by atoms with Crippen LogP contribution in [0.3, 0.4) is 0 Å². The summed E-state index contributed by atoms with van der Waals surface area (Å²) in [6.07, 6.45) is 1.67. The van der Waals surface area contributed by atoms with Crippen molar-refractivity contribution in [1.29, 1.82) is 0 Å². The van der Waals surface area contributed by atoms with Crippen molar-refractivity contribution in [3.8, 4) is 0 Å². The molecule has 0 aromatic carbocycles. The molecule has 0 aromatic rings. The van der Waals surface area contributed by atoms with Crippen molar-refractivity contribution in [1.82, 2.24) is 10.4 Å². The van der Waals surface area contributed by atoms with E-state index in [4.69, 9.17) is 9.84 Å². The Balaban J connectivity index is 2.03. The van der Waals surface area contributed by atoms with Crippen molar-refractivity contribution in [3.05, 3.63) is 0 Å². The van der Waals surface area contributed by atoms with Crippen LogP contribution in [0.4, 0.5) is 0 Å². The number of hydrogen-bond acceptors (Lipinski definition) is 4. The summed E-state index contributed by atoms with van der Waals surface area (Å²) < 4.78 is 5.15. The zero-order chi connectivity index (χ0) is 11.8. The summed E-state index contributed by atoms with van der Waals surface area (Å²) in [7, 11) is 0. The number of nitrogens with zero attached hydrogens (tertiary/aromatic N) is 1. The molecule has 1 amide bonds. The first kappa shape index (κ1) is 12.9. The highest BCUT2D eigenvalue weighted by molar-refractivity contribution is 5.75. The second-order valence-corrected chi connectivity index (χ2v) is 3.74. The summed E-state index contributed by atoms with van der Waals surface area (Å²) >= 11 is 0. The lowest BCUT2D eigenvalue weighted by Crippen LogP contribution is -2.48. The Morgan fingerprint density at radius 2 is 1.81 bits per heavy atom. The summed E-state index contributed by atoms with van der Waals surface area (Å²) in [4.78, 5) is 21.7. The molecule has 0 bridgehead atoms. The van der Waals surface area contributed by atoms with Gasteiger partial charge in [0.25, 0.3) is 0 Å². The Morgan fingerprint density at radius 1 is 1.19 bits per heavy atom. The van der Waals surface area contributed by atoms with E-state index in [-0.39, 0.29) is 12.3 Å². The van der Waals surface area contributed by atoms with E-state index < -0.39 is 5.97 Å². The number of aliphatic carboxylic acids is 1. The molecule has 0 unspecified atom stereocenters. The number of amides is 1. The monoisotopic (exact) mass is 230 g/mol. The van der Waals surface area contributed by atoms with Crippen molar-refractivity contribution >= 4 is 11.9 Å². The number of hydrogen-bond donors (Lipinski definition) is 2. The minimum absolute atomic E-state index is 0.0488. The van der Waals surface area contributed by atoms with Crippen LogP contribution in [0.15, 0.2) is 0 Å². The second-order valence-electron chi connectivity index (χ2n) is 3.74. The maximum absolute atomic E-state index is 11.4. The van der Waals surface area contributed by atoms with Gasteiger partial charge in [0.2, 0.25) is 5.91 Å². The van der Waals surface area contributed by atoms with Crippen LogP contribution >= 0.6 is 0 Å². The molecule has 16 heavy (non-hydrogen) atoms. The van der Waals surface area contributed by atoms with Gasteiger partial charge in [-0.2, -0.15) is 0 Å². The van der Waals surface area contributed by atoms with Gasteiger partial charge in [0.1, 0.15) is 0 Å². The highest BCUT2D eigenvalue weighted by atomic mass is 16.5. The van der Waals surface area contributed by atoms with Gasteiger partial charge < -0.3 is 9.84 Å². The second kappa shape index (κ2) is 7.19. The standard InChI is InChI=1S/C10H18N2O4/c13-9(3-1-2-4-10(14)15)11-12-5-7-16-8-6-12/h1-8H2,(H,11,13)(H,14,15). The van der Waals surface area contributed by atoms with Crippen molar-refractivity contribution in [2.24, 2.45) is 0 Å². The van der Waals surface area contributed by atoms with Crippen molar-refractivity contribution in [3.63, 3.8) is 0 Å². The first-order valence-corrected chi connectivity index (χ1v) is 5.52. The molecule has 0 atom stereocenters. The molecule has 0 spiro atoms. The lowest BCUT2D eigenvalue weighted by molar-refractivity contribution is -0.137. The molecular weight excluding hydrogens is 212 g/mol. The zero-order valence-corrected chi connectivity index (χ0v) is 9.28. The van der Waals surface area contributed by atoms with Gasteiger partial charge >= 0.3 is 5.97 Å². The zero-order valence-electron chi connectivity index (χ0n) is 9.28. The van der Waals surface area contributed by atoms with Gasteiger partial charge in [0, 0.05) is 25.9 Å². The van der Waals surface area contributed by atoms with E-state index in [1.54, 1.807) is 0 Å². The summed E-state index contributed by atoms with van der Waals surface area (Å²) in [5.74, 6) is -0.860. The number of nitrogens with one attached hydrogen (secondary N) is 1. The minimum atomic E-state index is -0.811. The normalized spacial score (nSPS) is 17.0. The number of carboxylic acid groups (broad SMARTS) is 1. The summed E-state index contributed by atoms with van der Waals surface area (Å²) in [5.41, 5.74) is 2.77. The Bertz CT molecular complexity index is 239. The fraction of sp³-hybridized carbons (Fsp3) is 0.800. The molecular formula is C10H18N2O4. The average molecular weight is 230 g/mol. The van der Waals surface area contributed by atoms with Gasteiger partial charge in [-0.25, -0.2) is 5.01 Å². The molecule has 1 aliphatic rings. The van der Waals surface area contributed by atoms with Crippen LogP contribution in [0.2, 0.25) is 0 Å². The predicted octanol–water partition coefficient (Wildman–Crippen LogP) is -0.00520. The van der Waals surface area contributed by atoms with E-state index in [1.807, 2.05) is 5.01 Å². The smallest absolute Gasteiger partial charge is 0.303 e. The van der Waals surface area contributed by atoms with E-state index in [2.05, 4.69) is 5.43 Å². The molecule has 6 heteroatoms. The van der Waals surface area contributed by atoms with Crippen molar-refractivity contribution in [2.45, 2.75) is 25.7 Å². The minimum Gasteiger partial charge on any atom is -0.481 e. The summed E-state index contributed by atoms with van der Waals surface area (Å²) in [6.45, 7) is 2.69. The van der Waals surface area contributed by atoms with Crippen LogP contribution < -0.4 is 5.43 Å². The van der Waals surface area contributed by atoms with Gasteiger partial charge in [-0.3, -0.25) is 15.0 Å². The van der Waals surface area contributed by atoms with E-state index in [1.165, 1.54) is 0 Å². The number of carbonyl (C=O) groups is 2. The fourth-order valence-corrected chi connectivity index (χ4v) is 1.47. The lowest BCUT2D eigenvalue weighted by atomic mass is 10.2. The number of carbonyl (C=O) groups excluding carboxylic acids is 1. The topological polar surface area (TPSA) is 78.9 Å². The van der Waals surface area contributed by atoms with E-state index >= 15 is 0 Å². The maximum Gasteiger partial charge on any atom is 0.303 e. The Labute approximate surface area is 94.5 Å². The molecule has 0 radical (unpaired) electrons. The number of ether oxygens (including phenoxy) is 1. The average Bonchev–Trinajstić information content (AvgIpc) is 2.25. The molecule has 0 aromatic heterocycles. The van der Waals surface area contributed by atoms with Crippen LogP contribution in [-0.4, -0.2) is 48.3 Å². The van der Waals surface area contributed by atoms with Crippen LogP contribution in [-0.2, 0) is 14.3 Å². The number of rotatable bonds is 6. The van der Waals surface area contributed by atoms with Gasteiger partial charge in [0.05, 0.1) is 13.2 Å². The van der Waals surface area contributed by atoms with E-state index in [0.29, 0.717) is 45.6 Å². The Kier molecular flexibility index (Phi) is 5.81. The third-order valence-corrected chi connectivity index (χ3v) is 2.34. The van der Waals surface area contributed by atoms with Crippen LogP contribution in [0.5, 0.6) is 0 Å².